The summed E-state index contributed by atoms with van der Waals surface area (Å²) in [5, 5.41) is 19.1. The fourth-order valence-corrected chi connectivity index (χ4v) is 1.03. The first-order chi connectivity index (χ1) is 6.65. The van der Waals surface area contributed by atoms with Gasteiger partial charge in [0.15, 0.2) is 0 Å². The van der Waals surface area contributed by atoms with Crippen molar-refractivity contribution in [3.8, 4) is 11.8 Å². The first-order valence-electron chi connectivity index (χ1n) is 4.00. The SMILES string of the molecule is Cc1ccc(C#CCO)c([N+](=O)[O-])c1. The van der Waals surface area contributed by atoms with Gasteiger partial charge in [0.05, 0.1) is 4.92 Å². The quantitative estimate of drug-likeness (QED) is 0.412. The summed E-state index contributed by atoms with van der Waals surface area (Å²) in [6.45, 7) is 1.47. The predicted octanol–water partition coefficient (Wildman–Crippen LogP) is 1.25. The Hall–Kier alpha value is -1.86. The smallest absolute Gasteiger partial charge is 0.285 e. The zero-order valence-electron chi connectivity index (χ0n) is 7.65. The molecule has 0 aliphatic rings. The molecule has 1 N–H and O–H groups in total. The van der Waals surface area contributed by atoms with Crippen molar-refractivity contribution in [2.24, 2.45) is 0 Å². The monoisotopic (exact) mass is 191 g/mol. The van der Waals surface area contributed by atoms with Crippen LogP contribution in [-0.2, 0) is 0 Å². The number of hydrogen-bond acceptors (Lipinski definition) is 3. The van der Waals surface area contributed by atoms with E-state index in [1.807, 2.05) is 0 Å². The van der Waals surface area contributed by atoms with Crippen LogP contribution in [0.5, 0.6) is 0 Å². The molecule has 1 aromatic rings. The fraction of sp³-hybridized carbons (Fsp3) is 0.200. The zero-order chi connectivity index (χ0) is 10.6. The van der Waals surface area contributed by atoms with Crippen LogP contribution >= 0.6 is 0 Å². The maximum atomic E-state index is 10.6. The van der Waals surface area contributed by atoms with Crippen LogP contribution in [0.1, 0.15) is 11.1 Å². The molecule has 0 aliphatic carbocycles. The Labute approximate surface area is 81.3 Å². The molecule has 14 heavy (non-hydrogen) atoms. The third-order valence-corrected chi connectivity index (χ3v) is 1.65. The molecule has 1 aromatic carbocycles. The lowest BCUT2D eigenvalue weighted by molar-refractivity contribution is -0.385. The molecule has 4 heteroatoms. The van der Waals surface area contributed by atoms with Crippen molar-refractivity contribution in [1.29, 1.82) is 0 Å². The van der Waals surface area contributed by atoms with Crippen molar-refractivity contribution in [2.45, 2.75) is 6.92 Å². The number of nitro groups is 1. The van der Waals surface area contributed by atoms with Crippen molar-refractivity contribution in [2.75, 3.05) is 6.61 Å². The van der Waals surface area contributed by atoms with Gasteiger partial charge in [-0.2, -0.15) is 0 Å². The highest BCUT2D eigenvalue weighted by Crippen LogP contribution is 2.18. The van der Waals surface area contributed by atoms with Gasteiger partial charge in [-0.15, -0.1) is 0 Å². The van der Waals surface area contributed by atoms with Gasteiger partial charge in [0, 0.05) is 6.07 Å². The van der Waals surface area contributed by atoms with Crippen molar-refractivity contribution in [3.63, 3.8) is 0 Å². The lowest BCUT2D eigenvalue weighted by Gasteiger charge is -1.96. The summed E-state index contributed by atoms with van der Waals surface area (Å²) in [7, 11) is 0. The Morgan fingerprint density at radius 2 is 2.29 bits per heavy atom. The van der Waals surface area contributed by atoms with Crippen LogP contribution in [0.3, 0.4) is 0 Å². The Kier molecular flexibility index (Phi) is 3.21. The summed E-state index contributed by atoms with van der Waals surface area (Å²) in [5.41, 5.74) is 1.12. The number of aryl methyl sites for hydroxylation is 1. The molecule has 0 amide bonds. The molecule has 0 aromatic heterocycles. The van der Waals surface area contributed by atoms with Gasteiger partial charge in [0.25, 0.3) is 5.69 Å². The molecule has 0 saturated carbocycles. The van der Waals surface area contributed by atoms with E-state index in [0.29, 0.717) is 5.56 Å². The van der Waals surface area contributed by atoms with E-state index in [4.69, 9.17) is 5.11 Å². The largest absolute Gasteiger partial charge is 0.384 e. The van der Waals surface area contributed by atoms with Gasteiger partial charge >= 0.3 is 0 Å². The molecular formula is C10H9NO3. The predicted molar refractivity (Wildman–Crippen MR) is 51.8 cm³/mol. The average Bonchev–Trinajstić information content (AvgIpc) is 2.15. The first-order valence-corrected chi connectivity index (χ1v) is 4.00. The molecule has 0 bridgehead atoms. The van der Waals surface area contributed by atoms with Crippen molar-refractivity contribution < 1.29 is 10.0 Å². The maximum Gasteiger partial charge on any atom is 0.285 e. The van der Waals surface area contributed by atoms with Gasteiger partial charge in [-0.05, 0) is 18.6 Å². The average molecular weight is 191 g/mol. The number of hydrogen-bond donors (Lipinski definition) is 1. The molecule has 0 fully saturated rings. The van der Waals surface area contributed by atoms with Gasteiger partial charge in [-0.3, -0.25) is 10.1 Å². The normalized spacial score (nSPS) is 9.00. The molecule has 0 saturated heterocycles. The Bertz CT molecular complexity index is 415. The van der Waals surface area contributed by atoms with Gasteiger partial charge in [0.2, 0.25) is 0 Å². The van der Waals surface area contributed by atoms with E-state index in [1.165, 1.54) is 6.07 Å². The molecule has 4 nitrogen and oxygen atoms in total. The molecule has 0 atom stereocenters. The first kappa shape index (κ1) is 10.2. The maximum absolute atomic E-state index is 10.6. The molecule has 0 unspecified atom stereocenters. The molecule has 72 valence electrons. The molecule has 0 spiro atoms. The van der Waals surface area contributed by atoms with Crippen LogP contribution in [0.4, 0.5) is 5.69 Å². The summed E-state index contributed by atoms with van der Waals surface area (Å²) in [6.07, 6.45) is 0. The van der Waals surface area contributed by atoms with Crippen LogP contribution in [0.2, 0.25) is 0 Å². The summed E-state index contributed by atoms with van der Waals surface area (Å²) < 4.78 is 0. The third-order valence-electron chi connectivity index (χ3n) is 1.65. The van der Waals surface area contributed by atoms with E-state index in [9.17, 15) is 10.1 Å². The van der Waals surface area contributed by atoms with E-state index < -0.39 is 4.92 Å². The number of nitrogens with zero attached hydrogens (tertiary/aromatic N) is 1. The van der Waals surface area contributed by atoms with E-state index in [-0.39, 0.29) is 12.3 Å². The van der Waals surface area contributed by atoms with Crippen LogP contribution in [0, 0.1) is 28.9 Å². The Morgan fingerprint density at radius 1 is 1.57 bits per heavy atom. The van der Waals surface area contributed by atoms with E-state index in [2.05, 4.69) is 11.8 Å². The second kappa shape index (κ2) is 4.40. The van der Waals surface area contributed by atoms with Crippen molar-refractivity contribution in [3.05, 3.63) is 39.4 Å². The van der Waals surface area contributed by atoms with E-state index in [1.54, 1.807) is 19.1 Å². The fourth-order valence-electron chi connectivity index (χ4n) is 1.03. The topological polar surface area (TPSA) is 63.4 Å². The van der Waals surface area contributed by atoms with Crippen LogP contribution in [-0.4, -0.2) is 16.6 Å². The third kappa shape index (κ3) is 2.31. The molecule has 1 rings (SSSR count). The number of benzene rings is 1. The summed E-state index contributed by atoms with van der Waals surface area (Å²) in [5.74, 6) is 4.91. The molecule has 0 aliphatic heterocycles. The minimum Gasteiger partial charge on any atom is -0.384 e. The molecule has 0 radical (unpaired) electrons. The zero-order valence-corrected chi connectivity index (χ0v) is 7.65. The van der Waals surface area contributed by atoms with Gasteiger partial charge in [-0.1, -0.05) is 17.9 Å². The second-order valence-electron chi connectivity index (χ2n) is 2.74. The second-order valence-corrected chi connectivity index (χ2v) is 2.74. The lowest BCUT2D eigenvalue weighted by Crippen LogP contribution is -1.93. The van der Waals surface area contributed by atoms with Gasteiger partial charge < -0.3 is 5.11 Å². The van der Waals surface area contributed by atoms with Crippen LogP contribution in [0.25, 0.3) is 0 Å². The minimum atomic E-state index is -0.478. The van der Waals surface area contributed by atoms with Crippen molar-refractivity contribution >= 4 is 5.69 Å². The van der Waals surface area contributed by atoms with Gasteiger partial charge in [0.1, 0.15) is 12.2 Å². The Morgan fingerprint density at radius 3 is 2.86 bits per heavy atom. The van der Waals surface area contributed by atoms with Crippen LogP contribution < -0.4 is 0 Å². The lowest BCUT2D eigenvalue weighted by atomic mass is 10.1. The highest BCUT2D eigenvalue weighted by Gasteiger charge is 2.11. The standard InChI is InChI=1S/C10H9NO3/c1-8-4-5-9(3-2-6-12)10(7-8)11(13)14/h4-5,7,12H,6H2,1H3. The highest BCUT2D eigenvalue weighted by atomic mass is 16.6. The molecular weight excluding hydrogens is 182 g/mol. The number of aliphatic hydroxyl groups excluding tert-OH is 1. The number of rotatable bonds is 1. The summed E-state index contributed by atoms with van der Waals surface area (Å²) in [4.78, 5) is 10.1. The van der Waals surface area contributed by atoms with Crippen molar-refractivity contribution in [1.82, 2.24) is 0 Å². The number of nitro benzene ring substituents is 1. The summed E-state index contributed by atoms with van der Waals surface area (Å²) >= 11 is 0. The van der Waals surface area contributed by atoms with Crippen LogP contribution in [0.15, 0.2) is 18.2 Å². The van der Waals surface area contributed by atoms with E-state index >= 15 is 0 Å². The number of aliphatic hydroxyl groups is 1. The molecule has 0 heterocycles. The minimum absolute atomic E-state index is 0.0223. The summed E-state index contributed by atoms with van der Waals surface area (Å²) in [6, 6.07) is 4.78. The highest BCUT2D eigenvalue weighted by molar-refractivity contribution is 5.52. The van der Waals surface area contributed by atoms with E-state index in [0.717, 1.165) is 5.56 Å². The van der Waals surface area contributed by atoms with Gasteiger partial charge in [-0.25, -0.2) is 0 Å². The Balaban J connectivity index is 3.22.